The Hall–Kier alpha value is -2.34. The van der Waals surface area contributed by atoms with E-state index in [-0.39, 0.29) is 23.4 Å². The van der Waals surface area contributed by atoms with Crippen LogP contribution in [0.3, 0.4) is 0 Å². The van der Waals surface area contributed by atoms with Gasteiger partial charge in [0, 0.05) is 17.2 Å². The molecule has 0 unspecified atom stereocenters. The Morgan fingerprint density at radius 3 is 2.42 bits per heavy atom. The molecule has 0 radical (unpaired) electrons. The molecule has 0 saturated carbocycles. The molecular weight excluding hydrogens is 324 g/mol. The van der Waals surface area contributed by atoms with Crippen LogP contribution < -0.4 is 9.62 Å². The summed E-state index contributed by atoms with van der Waals surface area (Å²) in [6, 6.07) is 14.2. The Kier molecular flexibility index (Phi) is 4.32. The maximum Gasteiger partial charge on any atom is 0.265 e. The number of para-hydroxylation sites is 1. The Morgan fingerprint density at radius 1 is 1.08 bits per heavy atom. The molecule has 1 amide bonds. The van der Waals surface area contributed by atoms with E-state index in [1.807, 2.05) is 32.0 Å². The summed E-state index contributed by atoms with van der Waals surface area (Å²) < 4.78 is 27.2. The molecule has 1 N–H and O–H groups in total. The van der Waals surface area contributed by atoms with Crippen LogP contribution in [0.2, 0.25) is 0 Å². The molecule has 1 atom stereocenters. The molecule has 0 fully saturated rings. The first-order chi connectivity index (χ1) is 11.4. The van der Waals surface area contributed by atoms with Gasteiger partial charge in [0.1, 0.15) is 6.54 Å². The van der Waals surface area contributed by atoms with Gasteiger partial charge in [-0.3, -0.25) is 9.10 Å². The number of nitrogens with one attached hydrogen (secondary N) is 1. The lowest BCUT2D eigenvalue weighted by Crippen LogP contribution is -2.44. The molecule has 24 heavy (non-hydrogen) atoms. The molecule has 6 heteroatoms. The molecule has 1 aliphatic heterocycles. The minimum absolute atomic E-state index is 0.00697. The minimum atomic E-state index is -3.76. The van der Waals surface area contributed by atoms with Crippen molar-refractivity contribution in [2.75, 3.05) is 10.8 Å². The first kappa shape index (κ1) is 16.5. The van der Waals surface area contributed by atoms with Crippen LogP contribution in [0.4, 0.5) is 5.69 Å². The fraction of sp³-hybridized carbons (Fsp3) is 0.278. The smallest absolute Gasteiger partial charge is 0.265 e. The van der Waals surface area contributed by atoms with Gasteiger partial charge < -0.3 is 5.32 Å². The van der Waals surface area contributed by atoms with Crippen molar-refractivity contribution in [1.29, 1.82) is 0 Å². The van der Waals surface area contributed by atoms with Crippen LogP contribution in [-0.4, -0.2) is 26.9 Å². The number of sulfonamides is 1. The van der Waals surface area contributed by atoms with E-state index < -0.39 is 10.0 Å². The van der Waals surface area contributed by atoms with E-state index in [0.717, 1.165) is 12.0 Å². The first-order valence-electron chi connectivity index (χ1n) is 7.95. The quantitative estimate of drug-likeness (QED) is 0.927. The van der Waals surface area contributed by atoms with Gasteiger partial charge in [-0.25, -0.2) is 8.42 Å². The van der Waals surface area contributed by atoms with Crippen LogP contribution in [0, 0.1) is 0 Å². The SMILES string of the molecule is CC[C@H](C)NC(=O)CN1c2ccccc2-c2ccccc2S1(=O)=O. The highest BCUT2D eigenvalue weighted by atomic mass is 32.2. The predicted octanol–water partition coefficient (Wildman–Crippen LogP) is 2.78. The molecule has 0 spiro atoms. The number of amides is 1. The fourth-order valence-electron chi connectivity index (χ4n) is 2.80. The average molecular weight is 344 g/mol. The van der Waals surface area contributed by atoms with Crippen molar-refractivity contribution in [3.8, 4) is 11.1 Å². The van der Waals surface area contributed by atoms with Crippen molar-refractivity contribution in [2.24, 2.45) is 0 Å². The second-order valence-corrected chi connectivity index (χ2v) is 7.73. The summed E-state index contributed by atoms with van der Waals surface area (Å²) in [6.45, 7) is 3.64. The lowest BCUT2D eigenvalue weighted by atomic mass is 10.0. The van der Waals surface area contributed by atoms with Gasteiger partial charge in [0.05, 0.1) is 10.6 Å². The predicted molar refractivity (Wildman–Crippen MR) is 94.3 cm³/mol. The third-order valence-electron chi connectivity index (χ3n) is 4.22. The molecule has 0 aliphatic carbocycles. The van der Waals surface area contributed by atoms with Crippen LogP contribution in [-0.2, 0) is 14.8 Å². The second-order valence-electron chi connectivity index (χ2n) is 5.90. The number of hydrogen-bond donors (Lipinski definition) is 1. The first-order valence-corrected chi connectivity index (χ1v) is 9.39. The Balaban J connectivity index is 2.06. The normalized spacial score (nSPS) is 16.0. The maximum atomic E-state index is 13.0. The molecule has 0 bridgehead atoms. The molecule has 126 valence electrons. The van der Waals surface area contributed by atoms with Gasteiger partial charge in [-0.2, -0.15) is 0 Å². The van der Waals surface area contributed by atoms with Crippen molar-refractivity contribution in [2.45, 2.75) is 31.2 Å². The number of nitrogens with zero attached hydrogens (tertiary/aromatic N) is 1. The van der Waals surface area contributed by atoms with Gasteiger partial charge in [0.15, 0.2) is 0 Å². The van der Waals surface area contributed by atoms with Crippen LogP contribution in [0.1, 0.15) is 20.3 Å². The molecule has 5 nitrogen and oxygen atoms in total. The number of carbonyl (C=O) groups is 1. The molecular formula is C18H20N2O3S. The summed E-state index contributed by atoms with van der Waals surface area (Å²) in [4.78, 5) is 12.5. The Morgan fingerprint density at radius 2 is 1.71 bits per heavy atom. The average Bonchev–Trinajstić information content (AvgIpc) is 2.58. The standard InChI is InChI=1S/C18H20N2O3S/c1-3-13(2)19-18(21)12-20-16-10-6-4-8-14(16)15-9-5-7-11-17(15)24(20,22)23/h4-11,13H,3,12H2,1-2H3,(H,19,21)/t13-/m0/s1. The summed E-state index contributed by atoms with van der Waals surface area (Å²) in [7, 11) is -3.76. The number of benzene rings is 2. The summed E-state index contributed by atoms with van der Waals surface area (Å²) in [5.41, 5.74) is 2.03. The highest BCUT2D eigenvalue weighted by Gasteiger charge is 2.35. The fourth-order valence-corrected chi connectivity index (χ4v) is 4.45. The molecule has 2 aromatic rings. The monoisotopic (exact) mass is 344 g/mol. The summed E-state index contributed by atoms with van der Waals surface area (Å²) in [5.74, 6) is -0.304. The molecule has 1 heterocycles. The van der Waals surface area contributed by atoms with Crippen molar-refractivity contribution in [3.05, 3.63) is 48.5 Å². The van der Waals surface area contributed by atoms with E-state index in [0.29, 0.717) is 11.3 Å². The van der Waals surface area contributed by atoms with Gasteiger partial charge in [-0.1, -0.05) is 43.3 Å². The zero-order valence-corrected chi connectivity index (χ0v) is 14.5. The van der Waals surface area contributed by atoms with Gasteiger partial charge in [0.2, 0.25) is 5.91 Å². The van der Waals surface area contributed by atoms with Gasteiger partial charge in [0.25, 0.3) is 10.0 Å². The maximum absolute atomic E-state index is 13.0. The number of carbonyl (C=O) groups excluding carboxylic acids is 1. The number of rotatable bonds is 4. The molecule has 2 aromatic carbocycles. The van der Waals surface area contributed by atoms with E-state index in [4.69, 9.17) is 0 Å². The van der Waals surface area contributed by atoms with Gasteiger partial charge in [-0.05, 0) is 25.5 Å². The number of hydrogen-bond acceptors (Lipinski definition) is 3. The summed E-state index contributed by atoms with van der Waals surface area (Å²) in [5, 5.41) is 2.82. The van der Waals surface area contributed by atoms with Crippen LogP contribution in [0.5, 0.6) is 0 Å². The van der Waals surface area contributed by atoms with E-state index >= 15 is 0 Å². The highest BCUT2D eigenvalue weighted by molar-refractivity contribution is 7.93. The lowest BCUT2D eigenvalue weighted by molar-refractivity contribution is -0.120. The van der Waals surface area contributed by atoms with Crippen molar-refractivity contribution >= 4 is 21.6 Å². The number of anilines is 1. The van der Waals surface area contributed by atoms with E-state index in [2.05, 4.69) is 5.32 Å². The largest absolute Gasteiger partial charge is 0.352 e. The highest BCUT2D eigenvalue weighted by Crippen LogP contribution is 2.42. The molecule has 3 rings (SSSR count). The third-order valence-corrected chi connectivity index (χ3v) is 6.04. The van der Waals surface area contributed by atoms with Gasteiger partial charge in [-0.15, -0.1) is 0 Å². The summed E-state index contributed by atoms with van der Waals surface area (Å²) in [6.07, 6.45) is 0.790. The van der Waals surface area contributed by atoms with Crippen molar-refractivity contribution < 1.29 is 13.2 Å². The van der Waals surface area contributed by atoms with E-state index in [1.54, 1.807) is 30.3 Å². The molecule has 0 aromatic heterocycles. The molecule has 0 saturated heterocycles. The van der Waals surface area contributed by atoms with E-state index in [9.17, 15) is 13.2 Å². The second kappa shape index (κ2) is 6.28. The third kappa shape index (κ3) is 2.78. The van der Waals surface area contributed by atoms with Crippen LogP contribution >= 0.6 is 0 Å². The summed E-state index contributed by atoms with van der Waals surface area (Å²) >= 11 is 0. The Labute approximate surface area is 142 Å². The zero-order valence-electron chi connectivity index (χ0n) is 13.7. The lowest BCUT2D eigenvalue weighted by Gasteiger charge is -2.31. The number of fused-ring (bicyclic) bond motifs is 3. The van der Waals surface area contributed by atoms with Crippen molar-refractivity contribution in [3.63, 3.8) is 0 Å². The Bertz CT molecular complexity index is 877. The minimum Gasteiger partial charge on any atom is -0.352 e. The van der Waals surface area contributed by atoms with Crippen molar-refractivity contribution in [1.82, 2.24) is 5.32 Å². The van der Waals surface area contributed by atoms with Gasteiger partial charge >= 0.3 is 0 Å². The molecule has 1 aliphatic rings. The zero-order chi connectivity index (χ0) is 17.3. The van der Waals surface area contributed by atoms with Crippen LogP contribution in [0.15, 0.2) is 53.4 Å². The topological polar surface area (TPSA) is 66.5 Å². The van der Waals surface area contributed by atoms with Crippen LogP contribution in [0.25, 0.3) is 11.1 Å². The van der Waals surface area contributed by atoms with E-state index in [1.165, 1.54) is 4.31 Å².